The minimum absolute atomic E-state index is 0.343. The van der Waals surface area contributed by atoms with Gasteiger partial charge in [0.1, 0.15) is 11.7 Å². The maximum absolute atomic E-state index is 12.5. The van der Waals surface area contributed by atoms with Crippen molar-refractivity contribution in [2.24, 2.45) is 7.05 Å². The van der Waals surface area contributed by atoms with Crippen molar-refractivity contribution in [1.29, 1.82) is 0 Å². The molecule has 0 bridgehead atoms. The minimum atomic E-state index is -4.80. The predicted molar refractivity (Wildman–Crippen MR) is 72.2 cm³/mol. The van der Waals surface area contributed by atoms with Crippen LogP contribution in [0.5, 0.6) is 5.75 Å². The van der Waals surface area contributed by atoms with Gasteiger partial charge in [0, 0.05) is 13.2 Å². The Balaban J connectivity index is 2.46. The van der Waals surface area contributed by atoms with Crippen molar-refractivity contribution in [3.8, 4) is 5.75 Å². The Morgan fingerprint density at radius 1 is 1.36 bits per heavy atom. The summed E-state index contributed by atoms with van der Waals surface area (Å²) < 4.78 is 43.9. The number of rotatable bonds is 4. The molecule has 1 N–H and O–H groups in total. The van der Waals surface area contributed by atoms with E-state index >= 15 is 0 Å². The second-order valence-corrected chi connectivity index (χ2v) is 4.58. The van der Waals surface area contributed by atoms with Crippen molar-refractivity contribution in [3.63, 3.8) is 0 Å². The molecule has 1 heterocycles. The number of methoxy groups -OCH3 is 1. The van der Waals surface area contributed by atoms with Crippen molar-refractivity contribution >= 4 is 5.91 Å². The number of alkyl halides is 3. The van der Waals surface area contributed by atoms with Crippen LogP contribution < -0.4 is 10.1 Å². The molecule has 1 atom stereocenters. The molecule has 0 aliphatic rings. The lowest BCUT2D eigenvalue weighted by Crippen LogP contribution is -2.41. The Kier molecular flexibility index (Phi) is 4.39. The van der Waals surface area contributed by atoms with Gasteiger partial charge >= 0.3 is 6.30 Å². The number of aryl methyl sites for hydroxylation is 1. The van der Waals surface area contributed by atoms with E-state index in [0.29, 0.717) is 17.0 Å². The molecular formula is C14H14F3N3O2. The lowest BCUT2D eigenvalue weighted by Gasteiger charge is -2.19. The fourth-order valence-corrected chi connectivity index (χ4v) is 2.16. The summed E-state index contributed by atoms with van der Waals surface area (Å²) in [6.07, 6.45) is -3.38. The van der Waals surface area contributed by atoms with Crippen molar-refractivity contribution in [2.75, 3.05) is 7.11 Å². The largest absolute Gasteiger partial charge is 0.497 e. The third-order valence-corrected chi connectivity index (χ3v) is 3.11. The lowest BCUT2D eigenvalue weighted by molar-refractivity contribution is -0.170. The molecule has 0 aliphatic carbocycles. The van der Waals surface area contributed by atoms with E-state index in [4.69, 9.17) is 4.74 Å². The van der Waals surface area contributed by atoms with Crippen molar-refractivity contribution in [3.05, 3.63) is 47.8 Å². The van der Waals surface area contributed by atoms with Gasteiger partial charge in [-0.1, -0.05) is 12.1 Å². The maximum atomic E-state index is 12.5. The van der Waals surface area contributed by atoms with Gasteiger partial charge < -0.3 is 4.74 Å². The summed E-state index contributed by atoms with van der Waals surface area (Å²) in [5.74, 6) is -1.88. The number of benzene rings is 1. The van der Waals surface area contributed by atoms with Crippen LogP contribution in [-0.4, -0.2) is 29.1 Å². The van der Waals surface area contributed by atoms with Gasteiger partial charge in [-0.25, -0.2) is 0 Å². The van der Waals surface area contributed by atoms with Gasteiger partial charge in [0.15, 0.2) is 0 Å². The van der Waals surface area contributed by atoms with Crippen molar-refractivity contribution in [2.45, 2.75) is 12.2 Å². The molecule has 5 nitrogen and oxygen atoms in total. The molecule has 118 valence electrons. The Bertz CT molecular complexity index is 667. The molecule has 2 aromatic rings. The van der Waals surface area contributed by atoms with Crippen LogP contribution >= 0.6 is 0 Å². The van der Waals surface area contributed by atoms with Gasteiger partial charge in [-0.05, 0) is 23.8 Å². The highest BCUT2D eigenvalue weighted by Gasteiger charge is 2.35. The summed E-state index contributed by atoms with van der Waals surface area (Å²) in [5, 5.41) is 4.96. The van der Waals surface area contributed by atoms with E-state index in [1.54, 1.807) is 25.2 Å². The van der Waals surface area contributed by atoms with Crippen LogP contribution in [0.1, 0.15) is 17.2 Å². The highest BCUT2D eigenvalue weighted by atomic mass is 19.4. The van der Waals surface area contributed by atoms with Gasteiger partial charge in [0.25, 0.3) is 0 Å². The average molecular weight is 313 g/mol. The summed E-state index contributed by atoms with van der Waals surface area (Å²) in [4.78, 5) is 12.1. The number of hydrogen-bond donors (Lipinski definition) is 1. The van der Waals surface area contributed by atoms with E-state index < -0.39 is 18.1 Å². The number of amides is 1. The number of carbonyl (C=O) groups is 1. The van der Waals surface area contributed by atoms with Crippen LogP contribution in [0, 0.1) is 0 Å². The van der Waals surface area contributed by atoms with Gasteiger partial charge in [-0.2, -0.15) is 18.3 Å². The molecule has 0 saturated carbocycles. The Labute approximate surface area is 124 Å². The van der Waals surface area contributed by atoms with Crippen molar-refractivity contribution < 1.29 is 22.7 Å². The van der Waals surface area contributed by atoms with Gasteiger partial charge in [-0.15, -0.1) is 0 Å². The van der Waals surface area contributed by atoms with Crippen LogP contribution in [-0.2, 0) is 11.8 Å². The third kappa shape index (κ3) is 3.57. The standard InChI is InChI=1S/C14H14F3N3O2/c1-20-11(6-7-18-20)12(13(21)19-14(15,16)17)9-4-3-5-10(8-9)22-2/h3-8,12H,1-2H3,(H,19,21). The summed E-state index contributed by atoms with van der Waals surface area (Å²) >= 11 is 0. The van der Waals surface area contributed by atoms with E-state index in [9.17, 15) is 18.0 Å². The van der Waals surface area contributed by atoms with E-state index in [-0.39, 0.29) is 0 Å². The summed E-state index contributed by atoms with van der Waals surface area (Å²) in [5.41, 5.74) is 0.722. The first-order valence-corrected chi connectivity index (χ1v) is 6.32. The van der Waals surface area contributed by atoms with E-state index in [2.05, 4.69) is 5.10 Å². The van der Waals surface area contributed by atoms with Crippen LogP contribution in [0.3, 0.4) is 0 Å². The third-order valence-electron chi connectivity index (χ3n) is 3.11. The molecule has 0 aliphatic heterocycles. The number of nitrogens with zero attached hydrogens (tertiary/aromatic N) is 2. The Hall–Kier alpha value is -2.51. The number of hydrogen-bond acceptors (Lipinski definition) is 3. The van der Waals surface area contributed by atoms with Crippen LogP contribution in [0.2, 0.25) is 0 Å². The van der Waals surface area contributed by atoms with Gasteiger partial charge in [-0.3, -0.25) is 14.8 Å². The van der Waals surface area contributed by atoms with E-state index in [1.807, 2.05) is 0 Å². The van der Waals surface area contributed by atoms with Gasteiger partial charge in [0.05, 0.1) is 12.8 Å². The highest BCUT2D eigenvalue weighted by Crippen LogP contribution is 2.28. The molecule has 0 radical (unpaired) electrons. The van der Waals surface area contributed by atoms with E-state index in [1.165, 1.54) is 30.1 Å². The second-order valence-electron chi connectivity index (χ2n) is 4.58. The Morgan fingerprint density at radius 2 is 2.09 bits per heavy atom. The number of carbonyl (C=O) groups excluding carboxylic acids is 1. The molecule has 0 fully saturated rings. The molecule has 1 unspecified atom stereocenters. The van der Waals surface area contributed by atoms with Crippen molar-refractivity contribution in [1.82, 2.24) is 15.1 Å². The number of ether oxygens (including phenoxy) is 1. The molecule has 1 aromatic heterocycles. The smallest absolute Gasteiger partial charge is 0.484 e. The normalized spacial score (nSPS) is 12.8. The molecule has 0 spiro atoms. The molecule has 1 aromatic carbocycles. The topological polar surface area (TPSA) is 56.1 Å². The predicted octanol–water partition coefficient (Wildman–Crippen LogP) is 2.20. The first-order valence-electron chi connectivity index (χ1n) is 6.32. The average Bonchev–Trinajstić information content (AvgIpc) is 2.83. The zero-order valence-corrected chi connectivity index (χ0v) is 11.9. The molecule has 1 amide bonds. The first kappa shape index (κ1) is 15.9. The fraction of sp³-hybridized carbons (Fsp3) is 0.286. The van der Waals surface area contributed by atoms with Crippen LogP contribution in [0.4, 0.5) is 13.2 Å². The number of aromatic nitrogens is 2. The second kappa shape index (κ2) is 6.08. The molecule has 22 heavy (non-hydrogen) atoms. The molecule has 2 rings (SSSR count). The first-order chi connectivity index (χ1) is 10.3. The zero-order valence-electron chi connectivity index (χ0n) is 11.9. The molecule has 0 saturated heterocycles. The minimum Gasteiger partial charge on any atom is -0.497 e. The SMILES string of the molecule is COc1cccc(C(C(=O)NC(F)(F)F)c2ccnn2C)c1. The summed E-state index contributed by atoms with van der Waals surface area (Å²) in [6.45, 7) is 0. The fourth-order valence-electron chi connectivity index (χ4n) is 2.16. The van der Waals surface area contributed by atoms with Crippen LogP contribution in [0.15, 0.2) is 36.5 Å². The van der Waals surface area contributed by atoms with Gasteiger partial charge in [0.2, 0.25) is 5.91 Å². The molecular weight excluding hydrogens is 299 g/mol. The maximum Gasteiger partial charge on any atom is 0.484 e. The summed E-state index contributed by atoms with van der Waals surface area (Å²) in [6, 6.07) is 7.84. The quantitative estimate of drug-likeness (QED) is 0.881. The summed E-state index contributed by atoms with van der Waals surface area (Å²) in [7, 11) is 3.00. The monoisotopic (exact) mass is 313 g/mol. The Morgan fingerprint density at radius 3 is 2.64 bits per heavy atom. The highest BCUT2D eigenvalue weighted by molar-refractivity contribution is 5.87. The zero-order chi connectivity index (χ0) is 16.3. The van der Waals surface area contributed by atoms with Crippen LogP contribution in [0.25, 0.3) is 0 Å². The molecule has 8 heteroatoms. The number of halogens is 3. The van der Waals surface area contributed by atoms with E-state index in [0.717, 1.165) is 5.32 Å². The number of nitrogens with one attached hydrogen (secondary N) is 1. The lowest BCUT2D eigenvalue weighted by atomic mass is 9.94.